The van der Waals surface area contributed by atoms with E-state index >= 15 is 0 Å². The van der Waals surface area contributed by atoms with Crippen molar-refractivity contribution in [3.63, 3.8) is 0 Å². The van der Waals surface area contributed by atoms with Crippen LogP contribution in [0.2, 0.25) is 0 Å². The zero-order valence-corrected chi connectivity index (χ0v) is 14.2. The third-order valence-corrected chi connectivity index (χ3v) is 6.07. The summed E-state index contributed by atoms with van der Waals surface area (Å²) in [6.07, 6.45) is 3.22. The van der Waals surface area contributed by atoms with Crippen LogP contribution >= 0.6 is 7.92 Å². The Morgan fingerprint density at radius 2 is 1.50 bits per heavy atom. The molecule has 0 aliphatic rings. The standard InChI is InChI=1S/C20H17N2OP/c1-16-12-13-19(21-14-16)20(15-22-23)24(17-8-4-2-5-9-17)18-10-6-3-7-11-18/h2-15H,1H3/b20-15+. The van der Waals surface area contributed by atoms with Crippen molar-refractivity contribution in [1.29, 1.82) is 0 Å². The Balaban J connectivity index is 2.17. The smallest absolute Gasteiger partial charge is 0.0819 e. The maximum Gasteiger partial charge on any atom is 0.0819 e. The highest BCUT2D eigenvalue weighted by atomic mass is 31.1. The molecular weight excluding hydrogens is 315 g/mol. The first kappa shape index (κ1) is 16.2. The van der Waals surface area contributed by atoms with Crippen LogP contribution in [0.1, 0.15) is 11.3 Å². The van der Waals surface area contributed by atoms with Crippen molar-refractivity contribution in [2.24, 2.45) is 5.18 Å². The Labute approximate surface area is 142 Å². The minimum Gasteiger partial charge on any atom is -0.256 e. The Kier molecular flexibility index (Phi) is 5.25. The van der Waals surface area contributed by atoms with Crippen LogP contribution in [0.4, 0.5) is 0 Å². The van der Waals surface area contributed by atoms with Gasteiger partial charge in [-0.3, -0.25) is 4.98 Å². The van der Waals surface area contributed by atoms with Crippen LogP contribution < -0.4 is 10.6 Å². The van der Waals surface area contributed by atoms with Gasteiger partial charge in [-0.05, 0) is 42.3 Å². The van der Waals surface area contributed by atoms with Gasteiger partial charge in [0.1, 0.15) is 0 Å². The minimum atomic E-state index is -0.901. The average Bonchev–Trinajstić information content (AvgIpc) is 2.64. The van der Waals surface area contributed by atoms with E-state index in [1.807, 2.05) is 61.7 Å². The molecule has 1 heterocycles. The van der Waals surface area contributed by atoms with Gasteiger partial charge in [0.25, 0.3) is 0 Å². The molecule has 118 valence electrons. The van der Waals surface area contributed by atoms with Crippen molar-refractivity contribution >= 4 is 23.8 Å². The van der Waals surface area contributed by atoms with Crippen molar-refractivity contribution < 1.29 is 0 Å². The third-order valence-electron chi connectivity index (χ3n) is 3.62. The lowest BCUT2D eigenvalue weighted by Crippen LogP contribution is -2.13. The van der Waals surface area contributed by atoms with Crippen molar-refractivity contribution in [2.75, 3.05) is 0 Å². The fourth-order valence-electron chi connectivity index (χ4n) is 2.49. The fraction of sp³-hybridized carbons (Fsp3) is 0.0500. The molecule has 0 radical (unpaired) electrons. The van der Waals surface area contributed by atoms with Crippen molar-refractivity contribution in [1.82, 2.24) is 4.98 Å². The maximum absolute atomic E-state index is 11.1. The topological polar surface area (TPSA) is 42.3 Å². The molecule has 2 aromatic carbocycles. The lowest BCUT2D eigenvalue weighted by molar-refractivity contribution is 1.24. The molecule has 0 unspecified atom stereocenters. The molecule has 0 fully saturated rings. The monoisotopic (exact) mass is 332 g/mol. The van der Waals surface area contributed by atoms with Crippen molar-refractivity contribution in [3.8, 4) is 0 Å². The van der Waals surface area contributed by atoms with Gasteiger partial charge in [0.05, 0.1) is 11.9 Å². The summed E-state index contributed by atoms with van der Waals surface area (Å²) in [6, 6.07) is 24.4. The first-order valence-electron chi connectivity index (χ1n) is 7.65. The second-order valence-electron chi connectivity index (χ2n) is 5.35. The van der Waals surface area contributed by atoms with E-state index in [1.165, 1.54) is 6.20 Å². The van der Waals surface area contributed by atoms with E-state index in [0.717, 1.165) is 27.2 Å². The van der Waals surface area contributed by atoms with E-state index in [4.69, 9.17) is 0 Å². The molecule has 0 saturated carbocycles. The van der Waals surface area contributed by atoms with E-state index in [0.29, 0.717) is 0 Å². The molecule has 0 atom stereocenters. The van der Waals surface area contributed by atoms with Gasteiger partial charge >= 0.3 is 0 Å². The first-order chi connectivity index (χ1) is 11.8. The molecule has 0 spiro atoms. The average molecular weight is 332 g/mol. The summed E-state index contributed by atoms with van der Waals surface area (Å²) in [6.45, 7) is 2.00. The summed E-state index contributed by atoms with van der Waals surface area (Å²) in [7, 11) is -0.901. The number of benzene rings is 2. The largest absolute Gasteiger partial charge is 0.256 e. The summed E-state index contributed by atoms with van der Waals surface area (Å²) in [5.74, 6) is 0. The predicted octanol–water partition coefficient (Wildman–Crippen LogP) is 4.59. The zero-order chi connectivity index (χ0) is 16.8. The van der Waals surface area contributed by atoms with Crippen molar-refractivity contribution in [2.45, 2.75) is 6.92 Å². The van der Waals surface area contributed by atoms with Crippen LogP contribution in [0.3, 0.4) is 0 Å². The van der Waals surface area contributed by atoms with Crippen molar-refractivity contribution in [3.05, 3.63) is 101 Å². The van der Waals surface area contributed by atoms with Gasteiger partial charge in [-0.15, -0.1) is 4.91 Å². The molecule has 1 aromatic heterocycles. The van der Waals surface area contributed by atoms with Gasteiger partial charge in [-0.25, -0.2) is 0 Å². The van der Waals surface area contributed by atoms with Crippen LogP contribution in [0.5, 0.6) is 0 Å². The van der Waals surface area contributed by atoms with Gasteiger partial charge < -0.3 is 0 Å². The Morgan fingerprint density at radius 3 is 1.96 bits per heavy atom. The second-order valence-corrected chi connectivity index (χ2v) is 7.53. The van der Waals surface area contributed by atoms with Gasteiger partial charge in [-0.2, -0.15) is 0 Å². The highest BCUT2D eigenvalue weighted by Crippen LogP contribution is 2.48. The highest BCUT2D eigenvalue weighted by molar-refractivity contribution is 7.82. The number of nitrogens with zero attached hydrogens (tertiary/aromatic N) is 2. The van der Waals surface area contributed by atoms with Crippen LogP contribution in [0.15, 0.2) is 90.4 Å². The normalized spacial score (nSPS) is 11.5. The van der Waals surface area contributed by atoms with Gasteiger partial charge in [0.15, 0.2) is 0 Å². The summed E-state index contributed by atoms with van der Waals surface area (Å²) in [4.78, 5) is 15.6. The summed E-state index contributed by atoms with van der Waals surface area (Å²) < 4.78 is 0. The molecule has 0 amide bonds. The van der Waals surface area contributed by atoms with Crippen LogP contribution in [-0.4, -0.2) is 4.98 Å². The number of nitroso groups, excluding NO2 is 1. The molecule has 3 nitrogen and oxygen atoms in total. The quantitative estimate of drug-likeness (QED) is 0.507. The molecule has 24 heavy (non-hydrogen) atoms. The number of rotatable bonds is 5. The zero-order valence-electron chi connectivity index (χ0n) is 13.3. The van der Waals surface area contributed by atoms with E-state index in [1.54, 1.807) is 0 Å². The fourth-order valence-corrected chi connectivity index (χ4v) is 4.81. The maximum atomic E-state index is 11.1. The van der Waals surface area contributed by atoms with Gasteiger partial charge in [-0.1, -0.05) is 66.7 Å². The molecule has 0 N–H and O–H groups in total. The van der Waals surface area contributed by atoms with E-state index in [9.17, 15) is 4.91 Å². The van der Waals surface area contributed by atoms with Gasteiger partial charge in [0.2, 0.25) is 0 Å². The number of pyridine rings is 1. The molecule has 0 aliphatic carbocycles. The van der Waals surface area contributed by atoms with Crippen LogP contribution in [0, 0.1) is 11.8 Å². The Hall–Kier alpha value is -2.64. The molecule has 0 saturated heterocycles. The molecule has 0 aliphatic heterocycles. The summed E-state index contributed by atoms with van der Waals surface area (Å²) in [5, 5.41) is 6.26. The van der Waals surface area contributed by atoms with E-state index < -0.39 is 7.92 Å². The lowest BCUT2D eigenvalue weighted by Gasteiger charge is -2.21. The van der Waals surface area contributed by atoms with E-state index in [2.05, 4.69) is 34.4 Å². The number of aromatic nitrogens is 1. The summed E-state index contributed by atoms with van der Waals surface area (Å²) in [5.41, 5.74) is 1.87. The number of aryl methyl sites for hydroxylation is 1. The van der Waals surface area contributed by atoms with Crippen LogP contribution in [-0.2, 0) is 0 Å². The van der Waals surface area contributed by atoms with E-state index in [-0.39, 0.29) is 0 Å². The SMILES string of the molecule is Cc1ccc(/C(=C\N=O)P(c2ccccc2)c2ccccc2)nc1. The highest BCUT2D eigenvalue weighted by Gasteiger charge is 2.21. The third kappa shape index (κ3) is 3.64. The molecule has 4 heteroatoms. The lowest BCUT2D eigenvalue weighted by atomic mass is 10.3. The summed E-state index contributed by atoms with van der Waals surface area (Å²) >= 11 is 0. The molecule has 0 bridgehead atoms. The molecule has 3 aromatic rings. The Morgan fingerprint density at radius 1 is 0.917 bits per heavy atom. The number of hydrogen-bond acceptors (Lipinski definition) is 3. The molecular formula is C20H17N2OP. The second kappa shape index (κ2) is 7.76. The number of hydrogen-bond donors (Lipinski definition) is 0. The van der Waals surface area contributed by atoms with Crippen LogP contribution in [0.25, 0.3) is 5.31 Å². The van der Waals surface area contributed by atoms with Gasteiger partial charge in [0, 0.05) is 11.5 Å². The first-order valence-corrected chi connectivity index (χ1v) is 8.99. The molecule has 3 rings (SSSR count). The Bertz CT molecular complexity index is 791. The predicted molar refractivity (Wildman–Crippen MR) is 102 cm³/mol. The minimum absolute atomic E-state index is 0.791.